The highest BCUT2D eigenvalue weighted by atomic mass is 79.9. The van der Waals surface area contributed by atoms with Gasteiger partial charge < -0.3 is 9.47 Å². The van der Waals surface area contributed by atoms with Crippen molar-refractivity contribution in [2.75, 3.05) is 13.7 Å². The lowest BCUT2D eigenvalue weighted by atomic mass is 10.1. The molecule has 0 fully saturated rings. The molecule has 3 rings (SSSR count). The summed E-state index contributed by atoms with van der Waals surface area (Å²) in [7, 11) is 1.62. The summed E-state index contributed by atoms with van der Waals surface area (Å²) in [4.78, 5) is 17.0. The first-order chi connectivity index (χ1) is 12.7. The summed E-state index contributed by atoms with van der Waals surface area (Å²) in [6.07, 6.45) is 6.27. The Morgan fingerprint density at radius 2 is 2.04 bits per heavy atom. The topological polar surface area (TPSA) is 52.8 Å². The lowest BCUT2D eigenvalue weighted by molar-refractivity contribution is 0.293. The third-order valence-corrected chi connectivity index (χ3v) is 4.55. The number of para-hydroxylation sites is 1. The van der Waals surface area contributed by atoms with Crippen LogP contribution in [0.3, 0.4) is 0 Å². The highest BCUT2D eigenvalue weighted by Gasteiger charge is 2.10. The fourth-order valence-corrected chi connectivity index (χ4v) is 2.96. The smallest absolute Gasteiger partial charge is 0.272 e. The second-order valence-electron chi connectivity index (χ2n) is 5.61. The molecule has 6 heteroatoms. The second-order valence-corrected chi connectivity index (χ2v) is 6.40. The van der Waals surface area contributed by atoms with Gasteiger partial charge in [0.1, 0.15) is 10.1 Å². The van der Waals surface area contributed by atoms with Crippen LogP contribution in [0.25, 0.3) is 17.8 Å². The van der Waals surface area contributed by atoms with Gasteiger partial charge in [0.15, 0.2) is 11.5 Å². The maximum Gasteiger partial charge on any atom is 0.272 e. The van der Waals surface area contributed by atoms with Crippen LogP contribution in [-0.4, -0.2) is 23.1 Å². The summed E-state index contributed by atoms with van der Waals surface area (Å²) in [6, 6.07) is 11.1. The molecule has 0 radical (unpaired) electrons. The number of pyridine rings is 1. The first-order valence-corrected chi connectivity index (χ1v) is 9.09. The van der Waals surface area contributed by atoms with Crippen LogP contribution in [0, 0.1) is 0 Å². The summed E-state index contributed by atoms with van der Waals surface area (Å²) in [6.45, 7) is 2.65. The molecule has 0 N–H and O–H groups in total. The zero-order valence-electron chi connectivity index (χ0n) is 14.6. The van der Waals surface area contributed by atoms with Gasteiger partial charge in [0.05, 0.1) is 19.4 Å². The van der Waals surface area contributed by atoms with Gasteiger partial charge in [-0.1, -0.05) is 25.1 Å². The molecule has 1 aromatic carbocycles. The zero-order chi connectivity index (χ0) is 18.5. The van der Waals surface area contributed by atoms with Crippen LogP contribution in [-0.2, 0) is 0 Å². The number of halogens is 1. The Morgan fingerprint density at radius 3 is 2.81 bits per heavy atom. The minimum absolute atomic E-state index is 0.150. The molecule has 2 heterocycles. The molecule has 0 unspecified atom stereocenters. The fraction of sp³-hybridized carbons (Fsp3) is 0.200. The lowest BCUT2D eigenvalue weighted by Crippen LogP contribution is -2.16. The van der Waals surface area contributed by atoms with Crippen molar-refractivity contribution < 1.29 is 9.47 Å². The molecule has 3 aromatic rings. The number of methoxy groups -OCH3 is 1. The number of aromatic nitrogens is 2. The number of ether oxygens (including phenoxy) is 2. The van der Waals surface area contributed by atoms with Gasteiger partial charge in [-0.15, -0.1) is 0 Å². The Labute approximate surface area is 160 Å². The molecule has 5 nitrogen and oxygen atoms in total. The average molecular weight is 415 g/mol. The van der Waals surface area contributed by atoms with Gasteiger partial charge in [0.2, 0.25) is 0 Å². The number of fused-ring (bicyclic) bond motifs is 1. The number of nitrogens with zero attached hydrogens (tertiary/aromatic N) is 2. The molecule has 0 atom stereocenters. The van der Waals surface area contributed by atoms with E-state index in [4.69, 9.17) is 9.47 Å². The van der Waals surface area contributed by atoms with Gasteiger partial charge in [-0.2, -0.15) is 0 Å². The van der Waals surface area contributed by atoms with E-state index in [0.717, 1.165) is 12.0 Å². The molecule has 0 aliphatic rings. The minimum atomic E-state index is -0.150. The van der Waals surface area contributed by atoms with Crippen molar-refractivity contribution in [3.8, 4) is 11.5 Å². The van der Waals surface area contributed by atoms with E-state index < -0.39 is 0 Å². The average Bonchev–Trinajstić information content (AvgIpc) is 2.68. The third-order valence-electron chi connectivity index (χ3n) is 3.81. The van der Waals surface area contributed by atoms with Crippen molar-refractivity contribution >= 4 is 33.7 Å². The molecular formula is C20H19BrN2O3. The SMILES string of the molecule is CCCOc1c(/C=C/c2nc3ccccn3c(=O)c2Br)cccc1OC. The number of hydrogen-bond donors (Lipinski definition) is 0. The normalized spacial score (nSPS) is 11.2. The molecule has 0 aliphatic heterocycles. The molecule has 0 saturated carbocycles. The van der Waals surface area contributed by atoms with Crippen molar-refractivity contribution in [2.24, 2.45) is 0 Å². The van der Waals surface area contributed by atoms with E-state index in [1.54, 1.807) is 31.5 Å². The van der Waals surface area contributed by atoms with Crippen LogP contribution in [0.2, 0.25) is 0 Å². The van der Waals surface area contributed by atoms with Crippen LogP contribution in [0.5, 0.6) is 11.5 Å². The summed E-state index contributed by atoms with van der Waals surface area (Å²) in [5.41, 5.74) is 1.86. The Bertz CT molecular complexity index is 1010. The third kappa shape index (κ3) is 3.65. The quantitative estimate of drug-likeness (QED) is 0.598. The Morgan fingerprint density at radius 1 is 1.19 bits per heavy atom. The molecule has 0 aliphatic carbocycles. The van der Waals surface area contributed by atoms with Crippen molar-refractivity contribution in [3.63, 3.8) is 0 Å². The minimum Gasteiger partial charge on any atom is -0.493 e. The van der Waals surface area contributed by atoms with Gasteiger partial charge in [0, 0.05) is 11.8 Å². The van der Waals surface area contributed by atoms with E-state index in [1.165, 1.54) is 4.40 Å². The largest absolute Gasteiger partial charge is 0.493 e. The molecule has 2 aromatic heterocycles. The van der Waals surface area contributed by atoms with Crippen molar-refractivity contribution in [2.45, 2.75) is 13.3 Å². The highest BCUT2D eigenvalue weighted by Crippen LogP contribution is 2.32. The van der Waals surface area contributed by atoms with E-state index in [1.807, 2.05) is 30.3 Å². The zero-order valence-corrected chi connectivity index (χ0v) is 16.2. The van der Waals surface area contributed by atoms with Crippen LogP contribution >= 0.6 is 15.9 Å². The fourth-order valence-electron chi connectivity index (χ4n) is 2.55. The molecule has 0 saturated heterocycles. The molecule has 0 amide bonds. The maximum atomic E-state index is 12.5. The lowest BCUT2D eigenvalue weighted by Gasteiger charge is -2.12. The van der Waals surface area contributed by atoms with E-state index >= 15 is 0 Å². The summed E-state index contributed by atoms with van der Waals surface area (Å²) < 4.78 is 13.2. The predicted octanol–water partition coefficient (Wildman–Crippen LogP) is 4.42. The first-order valence-electron chi connectivity index (χ1n) is 8.30. The van der Waals surface area contributed by atoms with E-state index in [2.05, 4.69) is 27.8 Å². The van der Waals surface area contributed by atoms with Gasteiger partial charge in [0.25, 0.3) is 5.56 Å². The Balaban J connectivity index is 2.04. The van der Waals surface area contributed by atoms with E-state index in [-0.39, 0.29) is 5.56 Å². The molecule has 26 heavy (non-hydrogen) atoms. The summed E-state index contributed by atoms with van der Waals surface area (Å²) in [5.74, 6) is 1.35. The van der Waals surface area contributed by atoms with Crippen molar-refractivity contribution in [3.05, 3.63) is 68.7 Å². The number of benzene rings is 1. The van der Waals surface area contributed by atoms with Crippen molar-refractivity contribution in [1.29, 1.82) is 0 Å². The van der Waals surface area contributed by atoms with Gasteiger partial charge >= 0.3 is 0 Å². The van der Waals surface area contributed by atoms with E-state index in [9.17, 15) is 4.79 Å². The molecular weight excluding hydrogens is 396 g/mol. The van der Waals surface area contributed by atoms with Gasteiger partial charge in [-0.25, -0.2) is 4.98 Å². The van der Waals surface area contributed by atoms with Crippen LogP contribution < -0.4 is 15.0 Å². The molecule has 134 valence electrons. The van der Waals surface area contributed by atoms with Gasteiger partial charge in [-0.05, 0) is 52.7 Å². The van der Waals surface area contributed by atoms with Crippen molar-refractivity contribution in [1.82, 2.24) is 9.38 Å². The summed E-state index contributed by atoms with van der Waals surface area (Å²) >= 11 is 3.36. The monoisotopic (exact) mass is 414 g/mol. The van der Waals surface area contributed by atoms with E-state index in [0.29, 0.717) is 33.9 Å². The number of hydrogen-bond acceptors (Lipinski definition) is 4. The number of rotatable bonds is 6. The summed E-state index contributed by atoms with van der Waals surface area (Å²) in [5, 5.41) is 0. The Kier molecular flexibility index (Phi) is 5.73. The molecule has 0 bridgehead atoms. The molecule has 0 spiro atoms. The van der Waals surface area contributed by atoms with Crippen LogP contribution in [0.15, 0.2) is 51.9 Å². The second kappa shape index (κ2) is 8.19. The van der Waals surface area contributed by atoms with Gasteiger partial charge in [-0.3, -0.25) is 9.20 Å². The maximum absolute atomic E-state index is 12.5. The Hall–Kier alpha value is -2.60. The van der Waals surface area contributed by atoms with Crippen LogP contribution in [0.4, 0.5) is 0 Å². The first kappa shape index (κ1) is 18.2. The highest BCUT2D eigenvalue weighted by molar-refractivity contribution is 9.10. The van der Waals surface area contributed by atoms with Crippen LogP contribution in [0.1, 0.15) is 24.6 Å². The predicted molar refractivity (Wildman–Crippen MR) is 107 cm³/mol. The standard InChI is InChI=1S/C20H19BrN2O3/c1-3-13-26-19-14(7-6-8-16(19)25-2)10-11-15-18(21)20(24)23-12-5-4-9-17(23)22-15/h4-12H,3,13H2,1-2H3/b11-10+.